The normalized spacial score (nSPS) is 17.4. The van der Waals surface area contributed by atoms with Crippen molar-refractivity contribution in [3.63, 3.8) is 0 Å². The Hall–Kier alpha value is -2.73. The van der Waals surface area contributed by atoms with Crippen molar-refractivity contribution >= 4 is 17.6 Å². The Morgan fingerprint density at radius 3 is 2.54 bits per heavy atom. The highest BCUT2D eigenvalue weighted by Crippen LogP contribution is 2.31. The highest BCUT2D eigenvalue weighted by atomic mass is 15.3. The molecular weight excluding hydrogens is 456 g/mol. The zero-order chi connectivity index (χ0) is 27.2. The monoisotopic (exact) mass is 508 g/mol. The molecule has 3 rings (SSSR count). The van der Waals surface area contributed by atoms with Gasteiger partial charge in [0.15, 0.2) is 6.17 Å². The fraction of sp³-hybridized carbons (Fsp3) is 0.581. The molecule has 0 aliphatic carbocycles. The lowest BCUT2D eigenvalue weighted by molar-refractivity contribution is 0.348. The van der Waals surface area contributed by atoms with Crippen LogP contribution < -0.4 is 21.7 Å². The molecule has 0 saturated heterocycles. The van der Waals surface area contributed by atoms with Gasteiger partial charge in [0.05, 0.1) is 11.5 Å². The molecule has 0 aromatic heterocycles. The molecule has 2 aliphatic rings. The Bertz CT molecular complexity index is 958. The third kappa shape index (κ3) is 9.26. The van der Waals surface area contributed by atoms with Gasteiger partial charge in [0, 0.05) is 25.7 Å². The van der Waals surface area contributed by atoms with E-state index in [1.54, 1.807) is 0 Å². The van der Waals surface area contributed by atoms with Crippen LogP contribution in [0.3, 0.4) is 0 Å². The fourth-order valence-corrected chi connectivity index (χ4v) is 4.43. The summed E-state index contributed by atoms with van der Waals surface area (Å²) in [6.07, 6.45) is 11.4. The standard InChI is InChI=1S/C28H44N6.C3H8/c1-6-8-12-26-32-27(28(33-26)34(5)21(4)29)20(3)24-18-23-17-22(13-14-25(23)31-19-24)11-9-10-16-30-15-7-2;1-3-2/h13-14,17-18,28,30-31H,4,6-12,15-16,19,29H2,1-3,5H3,(H,32,33);3H2,1-2H3/b27-20-;. The maximum Gasteiger partial charge on any atom is 0.165 e. The number of benzene rings is 1. The molecule has 6 heteroatoms. The lowest BCUT2D eigenvalue weighted by Crippen LogP contribution is -2.35. The Kier molecular flexibility index (Phi) is 13.3. The molecule has 0 fully saturated rings. The van der Waals surface area contributed by atoms with Crippen LogP contribution in [0.15, 0.2) is 52.4 Å². The van der Waals surface area contributed by atoms with Gasteiger partial charge >= 0.3 is 0 Å². The number of likely N-dealkylation sites (N-methyl/N-ethyl adjacent to an activating group) is 1. The molecule has 0 saturated carbocycles. The van der Waals surface area contributed by atoms with Crippen molar-refractivity contribution in [3.05, 3.63) is 58.6 Å². The number of hydrogen-bond donors (Lipinski definition) is 4. The summed E-state index contributed by atoms with van der Waals surface area (Å²) in [4.78, 5) is 6.89. The van der Waals surface area contributed by atoms with Gasteiger partial charge in [0.25, 0.3) is 0 Å². The molecule has 1 unspecified atom stereocenters. The molecule has 0 amide bonds. The second-order valence-corrected chi connectivity index (χ2v) is 10.2. The lowest BCUT2D eigenvalue weighted by Gasteiger charge is -2.27. The summed E-state index contributed by atoms with van der Waals surface area (Å²) in [7, 11) is 1.96. The lowest BCUT2D eigenvalue weighted by atomic mass is 9.95. The van der Waals surface area contributed by atoms with Crippen LogP contribution in [0.25, 0.3) is 6.08 Å². The van der Waals surface area contributed by atoms with E-state index in [-0.39, 0.29) is 6.17 Å². The predicted octanol–water partition coefficient (Wildman–Crippen LogP) is 6.39. The van der Waals surface area contributed by atoms with Crippen molar-refractivity contribution in [1.29, 1.82) is 0 Å². The number of nitrogens with one attached hydrogen (secondary N) is 3. The number of rotatable bonds is 13. The summed E-state index contributed by atoms with van der Waals surface area (Å²) in [5.74, 6) is 1.56. The summed E-state index contributed by atoms with van der Waals surface area (Å²) in [5, 5.41) is 10.7. The molecule has 6 nitrogen and oxygen atoms in total. The first-order chi connectivity index (χ1) is 17.9. The van der Waals surface area contributed by atoms with E-state index in [1.165, 1.54) is 53.6 Å². The van der Waals surface area contributed by atoms with Crippen LogP contribution in [-0.4, -0.2) is 43.6 Å². The third-order valence-electron chi connectivity index (χ3n) is 6.70. The Morgan fingerprint density at radius 1 is 1.11 bits per heavy atom. The topological polar surface area (TPSA) is 77.7 Å². The third-order valence-corrected chi connectivity index (χ3v) is 6.70. The van der Waals surface area contributed by atoms with Crippen molar-refractivity contribution in [1.82, 2.24) is 15.5 Å². The molecule has 1 aromatic rings. The van der Waals surface area contributed by atoms with E-state index in [4.69, 9.17) is 10.7 Å². The average molecular weight is 509 g/mol. The highest BCUT2D eigenvalue weighted by Gasteiger charge is 2.29. The predicted molar refractivity (Wildman–Crippen MR) is 163 cm³/mol. The average Bonchev–Trinajstić information content (AvgIpc) is 3.32. The van der Waals surface area contributed by atoms with Gasteiger partial charge in [-0.1, -0.05) is 53.2 Å². The number of fused-ring (bicyclic) bond motifs is 1. The first kappa shape index (κ1) is 30.5. The van der Waals surface area contributed by atoms with E-state index in [1.807, 2.05) is 11.9 Å². The quantitative estimate of drug-likeness (QED) is 0.232. The van der Waals surface area contributed by atoms with E-state index in [2.05, 4.69) is 81.4 Å². The van der Waals surface area contributed by atoms with Crippen LogP contribution in [0, 0.1) is 0 Å². The smallest absolute Gasteiger partial charge is 0.165 e. The molecule has 1 atom stereocenters. The van der Waals surface area contributed by atoms with Gasteiger partial charge in [0.2, 0.25) is 0 Å². The number of hydrogen-bond acceptors (Lipinski definition) is 6. The maximum atomic E-state index is 6.04. The minimum Gasteiger partial charge on any atom is -0.386 e. The molecule has 0 bridgehead atoms. The van der Waals surface area contributed by atoms with Crippen LogP contribution in [0.2, 0.25) is 0 Å². The zero-order valence-corrected chi connectivity index (χ0v) is 24.3. The number of nitrogens with two attached hydrogens (primary N) is 1. The molecule has 37 heavy (non-hydrogen) atoms. The van der Waals surface area contributed by atoms with Crippen LogP contribution >= 0.6 is 0 Å². The first-order valence-electron chi connectivity index (χ1n) is 14.4. The van der Waals surface area contributed by atoms with Crippen LogP contribution in [0.5, 0.6) is 0 Å². The van der Waals surface area contributed by atoms with Crippen molar-refractivity contribution in [3.8, 4) is 0 Å². The summed E-state index contributed by atoms with van der Waals surface area (Å²) >= 11 is 0. The number of aryl methyl sites for hydroxylation is 1. The van der Waals surface area contributed by atoms with Crippen LogP contribution in [0.1, 0.15) is 90.7 Å². The van der Waals surface area contributed by atoms with Gasteiger partial charge in [-0.3, -0.25) is 0 Å². The molecule has 0 radical (unpaired) electrons. The van der Waals surface area contributed by atoms with Gasteiger partial charge in [-0.05, 0) is 92.6 Å². The highest BCUT2D eigenvalue weighted by molar-refractivity contribution is 5.87. The zero-order valence-electron chi connectivity index (χ0n) is 24.3. The van der Waals surface area contributed by atoms with E-state index >= 15 is 0 Å². The minimum absolute atomic E-state index is 0.153. The molecule has 2 aliphatic heterocycles. The van der Waals surface area contributed by atoms with Crippen molar-refractivity contribution in [2.75, 3.05) is 32.0 Å². The van der Waals surface area contributed by atoms with Crippen LogP contribution in [-0.2, 0) is 6.42 Å². The molecule has 1 aromatic carbocycles. The largest absolute Gasteiger partial charge is 0.386 e. The Labute approximate surface area is 226 Å². The second-order valence-electron chi connectivity index (χ2n) is 10.2. The van der Waals surface area contributed by atoms with Gasteiger partial charge in [-0.15, -0.1) is 0 Å². The summed E-state index contributed by atoms with van der Waals surface area (Å²) in [6, 6.07) is 6.83. The SMILES string of the molecule is C=C(N)N(C)C1N=C(CCCC)N/C1=C(/C)C1=Cc2cc(CCCCNCCC)ccc2NC1.CCC. The molecule has 0 spiro atoms. The number of unbranched alkanes of at least 4 members (excludes halogenated alkanes) is 2. The van der Waals surface area contributed by atoms with E-state index in [9.17, 15) is 0 Å². The van der Waals surface area contributed by atoms with E-state index in [0.29, 0.717) is 5.82 Å². The van der Waals surface area contributed by atoms with Crippen molar-refractivity contribution < 1.29 is 0 Å². The second kappa shape index (κ2) is 16.2. The molecular formula is C31H52N6. The van der Waals surface area contributed by atoms with E-state index < -0.39 is 0 Å². The first-order valence-corrected chi connectivity index (χ1v) is 14.4. The molecule has 2 heterocycles. The van der Waals surface area contributed by atoms with Crippen LogP contribution in [0.4, 0.5) is 5.69 Å². The minimum atomic E-state index is -0.153. The van der Waals surface area contributed by atoms with Crippen molar-refractivity contribution in [2.45, 2.75) is 92.2 Å². The molecule has 5 N–H and O–H groups in total. The number of aliphatic imine (C=N–C) groups is 1. The Morgan fingerprint density at radius 2 is 1.86 bits per heavy atom. The number of amidine groups is 1. The molecule has 206 valence electrons. The summed E-state index contributed by atoms with van der Waals surface area (Å²) < 4.78 is 0. The van der Waals surface area contributed by atoms with Gasteiger partial charge in [-0.2, -0.15) is 0 Å². The fourth-order valence-electron chi connectivity index (χ4n) is 4.43. The number of anilines is 1. The maximum absolute atomic E-state index is 6.04. The van der Waals surface area contributed by atoms with Gasteiger partial charge in [-0.25, -0.2) is 4.99 Å². The number of nitrogens with zero attached hydrogens (tertiary/aromatic N) is 2. The van der Waals surface area contributed by atoms with Crippen molar-refractivity contribution in [2.24, 2.45) is 10.7 Å². The van der Waals surface area contributed by atoms with Gasteiger partial charge < -0.3 is 26.6 Å². The van der Waals surface area contributed by atoms with Gasteiger partial charge in [0.1, 0.15) is 5.84 Å². The van der Waals surface area contributed by atoms with E-state index in [0.717, 1.165) is 56.9 Å². The summed E-state index contributed by atoms with van der Waals surface area (Å²) in [5.41, 5.74) is 13.5. The summed E-state index contributed by atoms with van der Waals surface area (Å²) in [6.45, 7) is 17.8. The Balaban J connectivity index is 0.00000153.